The van der Waals surface area contributed by atoms with Gasteiger partial charge in [0, 0.05) is 49.7 Å². The van der Waals surface area contributed by atoms with Crippen molar-refractivity contribution in [2.75, 3.05) is 32.7 Å². The topological polar surface area (TPSA) is 689 Å². The Hall–Kier alpha value is -10.6. The zero-order valence-electron chi connectivity index (χ0n) is 68.0. The van der Waals surface area contributed by atoms with Crippen molar-refractivity contribution in [1.29, 1.82) is 0 Å². The van der Waals surface area contributed by atoms with Crippen molar-refractivity contribution in [3.8, 4) is 0 Å². The first-order valence-electron chi connectivity index (χ1n) is 39.0. The second kappa shape index (κ2) is 51.1. The van der Waals surface area contributed by atoms with E-state index < -0.39 is 167 Å². The van der Waals surface area contributed by atoms with Gasteiger partial charge < -0.3 is 127 Å². The first kappa shape index (κ1) is 98.5. The number of hydrogen-bond acceptors (Lipinski definition) is 18. The number of fused-ring (bicyclic) bond motifs is 1. The number of carbonyl (C=O) groups excluding carboxylic acids is 12. The van der Waals surface area contributed by atoms with E-state index in [1.54, 1.807) is 87.6 Å². The van der Waals surface area contributed by atoms with E-state index in [9.17, 15) is 52.7 Å². The van der Waals surface area contributed by atoms with Gasteiger partial charge in [-0.2, -0.15) is 0 Å². The van der Waals surface area contributed by atoms with Gasteiger partial charge in [0.05, 0.1) is 6.04 Å². The first-order chi connectivity index (χ1) is 53.2. The Morgan fingerprint density at radius 3 is 1.08 bits per heavy atom. The molecule has 0 unspecified atom stereocenters. The number of hydrogen-bond donors (Lipinski definition) is 23. The number of nitrogens with zero attached hydrogens (tertiary/aromatic N) is 4. The largest absolute Gasteiger partial charge is 0.370 e. The van der Waals surface area contributed by atoms with E-state index in [1.807, 2.05) is 26.0 Å². The van der Waals surface area contributed by atoms with Crippen LogP contribution in [-0.4, -0.2) is 205 Å². The van der Waals surface area contributed by atoms with Gasteiger partial charge in [-0.15, -0.1) is 0 Å². The normalized spacial score (nSPS) is 15.0. The molecule has 0 fully saturated rings. The fourth-order valence-electron chi connectivity index (χ4n) is 12.0. The summed E-state index contributed by atoms with van der Waals surface area (Å²) >= 11 is 0. The van der Waals surface area contributed by atoms with E-state index in [4.69, 9.17) is 63.1 Å². The fraction of sp³-hybridized carbons (Fsp3) is 0.676. The molecule has 14 atom stereocenters. The standard InChI is InChI=1S/C74H133N27O12/c1-13-42(11)57(69(112)97-53(36-44-37-90-46-24-16-15-23-45(44)46)64(107)92-49(27-20-32-87-72(80)81)60(103)91-47(59(77)102)26-19-31-86-71(78)79)100-63(106)51(29-22-34-89-74(84)85)95-67(110)55(40(7)8)98-62(105)48(25-17-18-30-75)94-68(111)56(41(9)10)99-70(113)58(43(12)14-2)101-65(108)52(35-38(3)4)96-61(104)50(28-21-33-88-73(82)83)93-66(109)54(76)39(5)6/h15-16,23-24,37-43,47-58,90H,13-14,17-22,25-36,75-76H2,1-12H3,(H2,77,102)(H,91,103)(H,92,107)(H,93,109)(H,94,111)(H,95,110)(H,96,104)(H,97,112)(H,98,105)(H,99,113)(H,100,106)(H,101,108)(H4,78,79,86)(H4,80,81,87)(H4,82,83,88)(H4,84,85,89)/t42-,43-,47-,48-,49-,50-,51-,52-,53-,54-,55-,56-,57-,58-/m0/s1. The lowest BCUT2D eigenvalue weighted by atomic mass is 9.95. The number of nitrogens with one attached hydrogen (secondary N) is 12. The van der Waals surface area contributed by atoms with Gasteiger partial charge in [0.1, 0.15) is 66.5 Å². The molecular weight excluding hydrogens is 1460 g/mol. The molecule has 39 nitrogen and oxygen atoms in total. The van der Waals surface area contributed by atoms with Gasteiger partial charge in [0.25, 0.3) is 0 Å². The SMILES string of the molecule is CC[C@H](C)[C@H](NC(=O)[C@H](CCCN=C(N)N)NC(=O)[C@@H](NC(=O)[C@H](CCCCN)NC(=O)[C@@H](NC(=O)[C@@H](NC(=O)[C@H](CC(C)C)NC(=O)[C@H](CCCN=C(N)N)NC(=O)[C@@H](N)C(C)C)[C@@H](C)CC)C(C)C)C(C)C)C(=O)N[C@@H](Cc1c[nH]c2ccccc12)C(=O)N[C@@H](CCCN=C(N)N)C(=O)N[C@@H](CCCN=C(N)N)C(N)=O. The molecule has 0 aliphatic carbocycles. The van der Waals surface area contributed by atoms with Crippen LogP contribution in [0.5, 0.6) is 0 Å². The highest BCUT2D eigenvalue weighted by atomic mass is 16.2. The molecule has 12 amide bonds. The van der Waals surface area contributed by atoms with Crippen LogP contribution in [0.25, 0.3) is 10.9 Å². The lowest BCUT2D eigenvalue weighted by Crippen LogP contribution is -2.62. The van der Waals surface area contributed by atoms with Gasteiger partial charge in [-0.1, -0.05) is 114 Å². The van der Waals surface area contributed by atoms with Crippen LogP contribution in [0.3, 0.4) is 0 Å². The monoisotopic (exact) mass is 1590 g/mol. The lowest BCUT2D eigenvalue weighted by Gasteiger charge is -2.31. The number of para-hydroxylation sites is 1. The van der Waals surface area contributed by atoms with Crippen LogP contribution in [-0.2, 0) is 64.0 Å². The number of guanidine groups is 4. The maximum Gasteiger partial charge on any atom is 0.243 e. The van der Waals surface area contributed by atoms with Gasteiger partial charge in [-0.05, 0) is 131 Å². The summed E-state index contributed by atoms with van der Waals surface area (Å²) in [5, 5.41) is 31.1. The molecule has 1 heterocycles. The first-order valence-corrected chi connectivity index (χ1v) is 39.0. The van der Waals surface area contributed by atoms with Crippen LogP contribution in [0.2, 0.25) is 0 Å². The van der Waals surface area contributed by atoms with Crippen LogP contribution in [0.15, 0.2) is 50.4 Å². The lowest BCUT2D eigenvalue weighted by molar-refractivity contribution is -0.137. The van der Waals surface area contributed by atoms with Crippen molar-refractivity contribution in [2.24, 2.45) is 119 Å². The maximum atomic E-state index is 15.0. The summed E-state index contributed by atoms with van der Waals surface area (Å²) in [6, 6.07) is -8.26. The molecule has 636 valence electrons. The van der Waals surface area contributed by atoms with Gasteiger partial charge in [0.2, 0.25) is 70.9 Å². The number of unbranched alkanes of at least 4 members (excludes halogenated alkanes) is 1. The van der Waals surface area contributed by atoms with Crippen LogP contribution >= 0.6 is 0 Å². The molecule has 0 saturated carbocycles. The minimum absolute atomic E-state index is 0.000718. The number of rotatable bonds is 54. The third kappa shape index (κ3) is 36.2. The van der Waals surface area contributed by atoms with Crippen LogP contribution < -0.4 is 122 Å². The second-order valence-electron chi connectivity index (χ2n) is 30.1. The highest BCUT2D eigenvalue weighted by molar-refractivity contribution is 6.00. The van der Waals surface area contributed by atoms with Crippen LogP contribution in [0.1, 0.15) is 179 Å². The number of primary amides is 1. The van der Waals surface area contributed by atoms with Crippen molar-refractivity contribution in [1.82, 2.24) is 63.5 Å². The van der Waals surface area contributed by atoms with Crippen molar-refractivity contribution < 1.29 is 57.5 Å². The van der Waals surface area contributed by atoms with E-state index in [0.29, 0.717) is 42.1 Å². The zero-order valence-corrected chi connectivity index (χ0v) is 68.0. The molecule has 0 aliphatic rings. The number of aromatic nitrogens is 1. The zero-order chi connectivity index (χ0) is 85.4. The molecule has 0 saturated heterocycles. The van der Waals surface area contributed by atoms with E-state index >= 15 is 4.79 Å². The number of benzene rings is 1. The highest BCUT2D eigenvalue weighted by Crippen LogP contribution is 2.22. The molecule has 1 aromatic heterocycles. The maximum absolute atomic E-state index is 15.0. The molecule has 39 heteroatoms. The molecule has 0 radical (unpaired) electrons. The third-order valence-corrected chi connectivity index (χ3v) is 19.1. The summed E-state index contributed by atoms with van der Waals surface area (Å²) in [6.45, 7) is 21.3. The minimum atomic E-state index is -1.45. The van der Waals surface area contributed by atoms with E-state index in [-0.39, 0.29) is 139 Å². The molecule has 2 rings (SSSR count). The number of nitrogens with two attached hydrogens (primary N) is 11. The molecule has 0 aliphatic heterocycles. The molecule has 1 aromatic carbocycles. The van der Waals surface area contributed by atoms with E-state index in [2.05, 4.69) is 83.4 Å². The summed E-state index contributed by atoms with van der Waals surface area (Å²) in [6.07, 6.45) is 3.73. The number of carbonyl (C=O) groups is 12. The summed E-state index contributed by atoms with van der Waals surface area (Å²) in [5.74, 6) is -13.1. The Morgan fingerprint density at radius 1 is 0.372 bits per heavy atom. The average molecular weight is 1590 g/mol. The Kier molecular flexibility index (Phi) is 44.6. The van der Waals surface area contributed by atoms with Crippen molar-refractivity contribution in [3.63, 3.8) is 0 Å². The summed E-state index contributed by atoms with van der Waals surface area (Å²) in [4.78, 5) is 191. The van der Waals surface area contributed by atoms with Gasteiger partial charge in [0.15, 0.2) is 23.8 Å². The van der Waals surface area contributed by atoms with Crippen LogP contribution in [0.4, 0.5) is 0 Å². The molecule has 2 aromatic rings. The Balaban J connectivity index is 2.62. The number of H-pyrrole nitrogens is 1. The van der Waals surface area contributed by atoms with Crippen molar-refractivity contribution in [3.05, 3.63) is 36.0 Å². The minimum Gasteiger partial charge on any atom is -0.370 e. The number of aromatic amines is 1. The third-order valence-electron chi connectivity index (χ3n) is 19.1. The van der Waals surface area contributed by atoms with E-state index in [1.165, 1.54) is 0 Å². The smallest absolute Gasteiger partial charge is 0.243 e. The Morgan fingerprint density at radius 2 is 0.690 bits per heavy atom. The summed E-state index contributed by atoms with van der Waals surface area (Å²) in [7, 11) is 0. The molecule has 0 bridgehead atoms. The summed E-state index contributed by atoms with van der Waals surface area (Å²) < 4.78 is 0. The highest BCUT2D eigenvalue weighted by Gasteiger charge is 2.40. The van der Waals surface area contributed by atoms with Gasteiger partial charge >= 0.3 is 0 Å². The molecule has 113 heavy (non-hydrogen) atoms. The Bertz CT molecular complexity index is 3530. The second-order valence-corrected chi connectivity index (χ2v) is 30.1. The number of amides is 12. The van der Waals surface area contributed by atoms with E-state index in [0.717, 1.165) is 0 Å². The average Bonchev–Trinajstić information content (AvgIpc) is 1.67. The fourth-order valence-corrected chi connectivity index (χ4v) is 12.0. The van der Waals surface area contributed by atoms with Gasteiger partial charge in [-0.25, -0.2) is 0 Å². The van der Waals surface area contributed by atoms with Crippen molar-refractivity contribution in [2.45, 2.75) is 252 Å². The van der Waals surface area contributed by atoms with Crippen molar-refractivity contribution >= 4 is 106 Å². The molecular formula is C74H133N27O12. The molecule has 0 spiro atoms. The number of aliphatic imine (C=N–C) groups is 4. The summed E-state index contributed by atoms with van der Waals surface area (Å²) in [5.41, 5.74) is 63.5. The predicted molar refractivity (Wildman–Crippen MR) is 436 cm³/mol. The van der Waals surface area contributed by atoms with Crippen LogP contribution in [0, 0.1) is 35.5 Å². The Labute approximate surface area is 663 Å². The quantitative estimate of drug-likeness (QED) is 0.0172. The molecule has 34 N–H and O–H groups in total. The van der Waals surface area contributed by atoms with Gasteiger partial charge in [-0.3, -0.25) is 77.5 Å². The predicted octanol–water partition coefficient (Wildman–Crippen LogP) is -3.69.